The van der Waals surface area contributed by atoms with E-state index >= 15 is 0 Å². The van der Waals surface area contributed by atoms with Gasteiger partial charge in [0, 0.05) is 37.9 Å². The van der Waals surface area contributed by atoms with Gasteiger partial charge in [0.25, 0.3) is 0 Å². The second kappa shape index (κ2) is 7.52. The second-order valence-electron chi connectivity index (χ2n) is 6.34. The summed E-state index contributed by atoms with van der Waals surface area (Å²) in [7, 11) is 7.15. The fourth-order valence-corrected chi connectivity index (χ4v) is 3.09. The number of hydrogen-bond donors (Lipinski definition) is 0. The van der Waals surface area contributed by atoms with E-state index in [0.29, 0.717) is 11.5 Å². The summed E-state index contributed by atoms with van der Waals surface area (Å²) >= 11 is 0. The number of rotatable bonds is 2. The highest BCUT2D eigenvalue weighted by Gasteiger charge is 2.29. The molecule has 1 aromatic rings. The topological polar surface area (TPSA) is 54.3 Å². The molecule has 0 atom stereocenters. The maximum Gasteiger partial charge on any atom is 0.220 e. The molecule has 5 heteroatoms. The van der Waals surface area contributed by atoms with Crippen molar-refractivity contribution in [2.24, 2.45) is 9.98 Å². The molecule has 0 aromatic heterocycles. The molecule has 3 rings (SSSR count). The highest BCUT2D eigenvalue weighted by Crippen LogP contribution is 2.33. The summed E-state index contributed by atoms with van der Waals surface area (Å²) in [6.45, 7) is 0. The SMILES string of the molecule is CN=C(N=C1C=C(c2ccc(OC)cc2)C(=O)C2=CCCC=C21)N(C)C. The summed E-state index contributed by atoms with van der Waals surface area (Å²) in [4.78, 5) is 23.9. The molecule has 0 aliphatic heterocycles. The molecule has 0 spiro atoms. The summed E-state index contributed by atoms with van der Waals surface area (Å²) in [5, 5.41) is 0. The number of nitrogens with zero attached hydrogens (tertiary/aromatic N) is 3. The van der Waals surface area contributed by atoms with E-state index in [2.05, 4.69) is 11.1 Å². The standard InChI is InChI=1S/C21H23N3O2/c1-22-21(24(2)3)23-19-13-18(14-9-11-15(26-4)12-10-14)20(25)17-8-6-5-7-16(17)19/h7-13H,5-6H2,1-4H3. The van der Waals surface area contributed by atoms with Gasteiger partial charge in [-0.2, -0.15) is 0 Å². The predicted molar refractivity (Wildman–Crippen MR) is 106 cm³/mol. The minimum absolute atomic E-state index is 0.0416. The molecule has 0 amide bonds. The Morgan fingerprint density at radius 2 is 1.69 bits per heavy atom. The molecule has 0 N–H and O–H groups in total. The molecule has 0 bridgehead atoms. The van der Waals surface area contributed by atoms with Crippen LogP contribution in [0.5, 0.6) is 5.75 Å². The molecule has 26 heavy (non-hydrogen) atoms. The summed E-state index contributed by atoms with van der Waals surface area (Å²) in [6.07, 6.45) is 7.76. The largest absolute Gasteiger partial charge is 0.497 e. The van der Waals surface area contributed by atoms with E-state index in [0.717, 1.165) is 41.0 Å². The Morgan fingerprint density at radius 1 is 1.04 bits per heavy atom. The zero-order valence-electron chi connectivity index (χ0n) is 15.6. The highest BCUT2D eigenvalue weighted by molar-refractivity contribution is 6.42. The number of allylic oxidation sites excluding steroid dienone is 6. The Kier molecular flexibility index (Phi) is 5.16. The molecular weight excluding hydrogens is 326 g/mol. The van der Waals surface area contributed by atoms with Gasteiger partial charge >= 0.3 is 0 Å². The molecule has 0 unspecified atom stereocenters. The Balaban J connectivity index is 2.13. The molecule has 0 heterocycles. The molecule has 5 nitrogen and oxygen atoms in total. The average molecular weight is 349 g/mol. The number of hydrogen-bond acceptors (Lipinski definition) is 3. The van der Waals surface area contributed by atoms with Crippen LogP contribution in [0.2, 0.25) is 0 Å². The molecule has 0 fully saturated rings. The number of Topliss-reactive ketones (excluding diaryl/α,β-unsaturated/α-hetero) is 1. The maximum absolute atomic E-state index is 13.0. The first-order chi connectivity index (χ1) is 12.5. The van der Waals surface area contributed by atoms with Gasteiger partial charge < -0.3 is 9.64 Å². The van der Waals surface area contributed by atoms with Crippen molar-refractivity contribution in [1.82, 2.24) is 4.90 Å². The van der Waals surface area contributed by atoms with Gasteiger partial charge in [0.15, 0.2) is 5.78 Å². The zero-order chi connectivity index (χ0) is 18.7. The van der Waals surface area contributed by atoms with Gasteiger partial charge in [-0.25, -0.2) is 4.99 Å². The first-order valence-electron chi connectivity index (χ1n) is 8.60. The lowest BCUT2D eigenvalue weighted by atomic mass is 9.81. The third-order valence-corrected chi connectivity index (χ3v) is 4.42. The van der Waals surface area contributed by atoms with Gasteiger partial charge in [0.05, 0.1) is 12.8 Å². The lowest BCUT2D eigenvalue weighted by Crippen LogP contribution is -2.25. The Hall–Kier alpha value is -2.95. The zero-order valence-corrected chi connectivity index (χ0v) is 15.6. The van der Waals surface area contributed by atoms with Gasteiger partial charge in [-0.3, -0.25) is 9.79 Å². The molecule has 0 radical (unpaired) electrons. The quantitative estimate of drug-likeness (QED) is 0.608. The number of carbonyl (C=O) groups is 1. The fourth-order valence-electron chi connectivity index (χ4n) is 3.09. The summed E-state index contributed by atoms with van der Waals surface area (Å²) < 4.78 is 5.21. The number of ether oxygens (including phenoxy) is 1. The van der Waals surface area contributed by atoms with Crippen LogP contribution in [0.25, 0.3) is 5.57 Å². The number of carbonyl (C=O) groups excluding carboxylic acids is 1. The van der Waals surface area contributed by atoms with Crippen LogP contribution >= 0.6 is 0 Å². The van der Waals surface area contributed by atoms with Gasteiger partial charge in [0.1, 0.15) is 5.75 Å². The van der Waals surface area contributed by atoms with Crippen LogP contribution in [0, 0.1) is 0 Å². The number of aliphatic imine (C=N–C) groups is 2. The van der Waals surface area contributed by atoms with Gasteiger partial charge in [-0.1, -0.05) is 24.3 Å². The lowest BCUT2D eigenvalue weighted by Gasteiger charge is -2.23. The van der Waals surface area contributed by atoms with Crippen LogP contribution in [0.4, 0.5) is 0 Å². The van der Waals surface area contributed by atoms with E-state index < -0.39 is 0 Å². The van der Waals surface area contributed by atoms with E-state index in [1.54, 1.807) is 14.2 Å². The van der Waals surface area contributed by atoms with E-state index in [1.165, 1.54) is 0 Å². The molecule has 2 aliphatic carbocycles. The Morgan fingerprint density at radius 3 is 2.27 bits per heavy atom. The third kappa shape index (κ3) is 3.38. The normalized spacial score (nSPS) is 18.8. The lowest BCUT2D eigenvalue weighted by molar-refractivity contribution is -0.110. The Labute approximate surface area is 154 Å². The average Bonchev–Trinajstić information content (AvgIpc) is 2.67. The van der Waals surface area contributed by atoms with Crippen molar-refractivity contribution < 1.29 is 9.53 Å². The van der Waals surface area contributed by atoms with Crippen LogP contribution < -0.4 is 4.74 Å². The van der Waals surface area contributed by atoms with Crippen molar-refractivity contribution in [3.8, 4) is 5.75 Å². The van der Waals surface area contributed by atoms with Crippen molar-refractivity contribution in [3.63, 3.8) is 0 Å². The Bertz CT molecular complexity index is 869. The van der Waals surface area contributed by atoms with Gasteiger partial charge in [0.2, 0.25) is 5.96 Å². The number of guanidine groups is 1. The summed E-state index contributed by atoms with van der Waals surface area (Å²) in [5.74, 6) is 1.42. The molecule has 2 aliphatic rings. The first kappa shape index (κ1) is 17.9. The van der Waals surface area contributed by atoms with Crippen molar-refractivity contribution >= 4 is 23.0 Å². The van der Waals surface area contributed by atoms with Crippen molar-refractivity contribution in [1.29, 1.82) is 0 Å². The summed E-state index contributed by atoms with van der Waals surface area (Å²) in [6, 6.07) is 7.53. The van der Waals surface area contributed by atoms with E-state index in [-0.39, 0.29) is 5.78 Å². The van der Waals surface area contributed by atoms with Crippen molar-refractivity contribution in [2.75, 3.05) is 28.3 Å². The predicted octanol–water partition coefficient (Wildman–Crippen LogP) is 3.30. The first-order valence-corrected chi connectivity index (χ1v) is 8.60. The van der Waals surface area contributed by atoms with E-state index in [4.69, 9.17) is 9.73 Å². The monoisotopic (exact) mass is 349 g/mol. The van der Waals surface area contributed by atoms with Crippen LogP contribution in [-0.2, 0) is 4.79 Å². The molecule has 134 valence electrons. The van der Waals surface area contributed by atoms with E-state index in [1.807, 2.05) is 55.4 Å². The number of ketones is 1. The van der Waals surface area contributed by atoms with Crippen LogP contribution in [0.15, 0.2) is 63.6 Å². The number of fused-ring (bicyclic) bond motifs is 1. The molecule has 1 aromatic carbocycles. The molecule has 0 saturated heterocycles. The third-order valence-electron chi connectivity index (χ3n) is 4.42. The summed E-state index contributed by atoms with van der Waals surface area (Å²) in [5.41, 5.74) is 3.91. The van der Waals surface area contributed by atoms with Gasteiger partial charge in [-0.05, 0) is 36.6 Å². The molecule has 0 saturated carbocycles. The van der Waals surface area contributed by atoms with Crippen LogP contribution in [0.1, 0.15) is 18.4 Å². The van der Waals surface area contributed by atoms with Gasteiger partial charge in [-0.15, -0.1) is 0 Å². The minimum atomic E-state index is 0.0416. The minimum Gasteiger partial charge on any atom is -0.497 e. The highest BCUT2D eigenvalue weighted by atomic mass is 16.5. The second-order valence-corrected chi connectivity index (χ2v) is 6.34. The smallest absolute Gasteiger partial charge is 0.220 e. The molecular formula is C21H23N3O2. The van der Waals surface area contributed by atoms with Crippen molar-refractivity contribution in [2.45, 2.75) is 12.8 Å². The number of methoxy groups -OCH3 is 1. The van der Waals surface area contributed by atoms with Crippen LogP contribution in [0.3, 0.4) is 0 Å². The fraction of sp³-hybridized carbons (Fsp3) is 0.286. The number of benzene rings is 1. The van der Waals surface area contributed by atoms with E-state index in [9.17, 15) is 4.79 Å². The van der Waals surface area contributed by atoms with Crippen molar-refractivity contribution in [3.05, 3.63) is 59.2 Å². The maximum atomic E-state index is 13.0. The van der Waals surface area contributed by atoms with Crippen LogP contribution in [-0.4, -0.2) is 50.6 Å².